The third kappa shape index (κ3) is 4.04. The summed E-state index contributed by atoms with van der Waals surface area (Å²) in [5, 5.41) is 3.88. The van der Waals surface area contributed by atoms with E-state index in [2.05, 4.69) is 10.3 Å². The number of benzene rings is 1. The smallest absolute Gasteiger partial charge is 0.258 e. The highest BCUT2D eigenvalue weighted by Gasteiger charge is 2.08. The van der Waals surface area contributed by atoms with Crippen LogP contribution in [0.2, 0.25) is 0 Å². The minimum atomic E-state index is -0.124. The molecule has 2 rings (SSSR count). The molecule has 5 heteroatoms. The summed E-state index contributed by atoms with van der Waals surface area (Å²) in [6, 6.07) is 5.84. The lowest BCUT2D eigenvalue weighted by molar-refractivity contribution is -0.123. The fourth-order valence-electron chi connectivity index (χ4n) is 1.99. The average Bonchev–Trinajstić information content (AvgIpc) is 2.76. The van der Waals surface area contributed by atoms with E-state index < -0.39 is 0 Å². The predicted octanol–water partition coefficient (Wildman–Crippen LogP) is 3.07. The van der Waals surface area contributed by atoms with Crippen LogP contribution in [0.3, 0.4) is 0 Å². The Balaban J connectivity index is 1.85. The third-order valence-electron chi connectivity index (χ3n) is 3.36. The molecule has 0 saturated heterocycles. The number of nitrogens with one attached hydrogen (secondary N) is 1. The zero-order valence-electron chi connectivity index (χ0n) is 12.8. The maximum Gasteiger partial charge on any atom is 0.258 e. The Morgan fingerprint density at radius 1 is 1.29 bits per heavy atom. The van der Waals surface area contributed by atoms with E-state index >= 15 is 0 Å². The Morgan fingerprint density at radius 3 is 2.71 bits per heavy atom. The van der Waals surface area contributed by atoms with Crippen molar-refractivity contribution in [1.29, 1.82) is 0 Å². The molecular weight excluding hydrogens is 284 g/mol. The molecule has 2 aromatic rings. The average molecular weight is 304 g/mol. The lowest BCUT2D eigenvalue weighted by Crippen LogP contribution is -2.28. The summed E-state index contributed by atoms with van der Waals surface area (Å²) >= 11 is 1.61. The van der Waals surface area contributed by atoms with Crippen LogP contribution in [0.15, 0.2) is 18.2 Å². The summed E-state index contributed by atoms with van der Waals surface area (Å²) in [7, 11) is 0. The second-order valence-electron chi connectivity index (χ2n) is 5.00. The molecule has 0 aliphatic rings. The van der Waals surface area contributed by atoms with Gasteiger partial charge in [0.15, 0.2) is 6.61 Å². The van der Waals surface area contributed by atoms with E-state index in [0.717, 1.165) is 32.5 Å². The van der Waals surface area contributed by atoms with E-state index in [0.29, 0.717) is 6.54 Å². The van der Waals surface area contributed by atoms with E-state index in [9.17, 15) is 4.79 Å². The number of rotatable bonds is 5. The number of hydrogen-bond donors (Lipinski definition) is 1. The largest absolute Gasteiger partial charge is 0.483 e. The van der Waals surface area contributed by atoms with Crippen LogP contribution in [-0.4, -0.2) is 17.5 Å². The van der Waals surface area contributed by atoms with Gasteiger partial charge in [-0.15, -0.1) is 11.3 Å². The van der Waals surface area contributed by atoms with Gasteiger partial charge in [0.2, 0.25) is 0 Å². The number of ether oxygens (including phenoxy) is 1. The van der Waals surface area contributed by atoms with Crippen LogP contribution in [0.4, 0.5) is 0 Å². The lowest BCUT2D eigenvalue weighted by atomic mass is 10.1. The molecule has 4 nitrogen and oxygen atoms in total. The molecule has 1 amide bonds. The second kappa shape index (κ2) is 6.72. The van der Waals surface area contributed by atoms with Crippen molar-refractivity contribution >= 4 is 17.2 Å². The minimum Gasteiger partial charge on any atom is -0.483 e. The lowest BCUT2D eigenvalue weighted by Gasteiger charge is -2.10. The molecule has 112 valence electrons. The van der Waals surface area contributed by atoms with Crippen molar-refractivity contribution in [3.63, 3.8) is 0 Å². The number of aryl methyl sites for hydroxylation is 3. The fraction of sp³-hybridized carbons (Fsp3) is 0.375. The highest BCUT2D eigenvalue weighted by atomic mass is 32.1. The number of nitrogens with zero attached hydrogens (tertiary/aromatic N) is 1. The van der Waals surface area contributed by atoms with Gasteiger partial charge in [0.05, 0.1) is 17.2 Å². The van der Waals surface area contributed by atoms with Gasteiger partial charge in [0.1, 0.15) is 5.75 Å². The quantitative estimate of drug-likeness (QED) is 0.923. The van der Waals surface area contributed by atoms with Crippen LogP contribution in [-0.2, 0) is 11.3 Å². The summed E-state index contributed by atoms with van der Waals surface area (Å²) in [5.74, 6) is 0.635. The Morgan fingerprint density at radius 2 is 2.05 bits per heavy atom. The number of hydrogen-bond acceptors (Lipinski definition) is 4. The van der Waals surface area contributed by atoms with Gasteiger partial charge in [-0.25, -0.2) is 4.98 Å². The number of aromatic nitrogens is 1. The number of carbonyl (C=O) groups is 1. The maximum atomic E-state index is 11.9. The molecule has 0 unspecified atom stereocenters. The summed E-state index contributed by atoms with van der Waals surface area (Å²) in [6.45, 7) is 8.47. The standard InChI is InChI=1S/C16H20N2O2S/c1-10-6-5-7-14(11(10)2)20-9-16(19)17-8-15-12(3)18-13(4)21-15/h5-7H,8-9H2,1-4H3,(H,17,19). The van der Waals surface area contributed by atoms with E-state index in [1.54, 1.807) is 11.3 Å². The van der Waals surface area contributed by atoms with Crippen LogP contribution < -0.4 is 10.1 Å². The molecule has 1 aromatic heterocycles. The van der Waals surface area contributed by atoms with Gasteiger partial charge in [-0.05, 0) is 44.9 Å². The molecule has 21 heavy (non-hydrogen) atoms. The molecule has 1 N–H and O–H groups in total. The molecule has 1 heterocycles. The molecule has 0 atom stereocenters. The van der Waals surface area contributed by atoms with Crippen LogP contribution in [0.25, 0.3) is 0 Å². The number of thiazole rings is 1. The van der Waals surface area contributed by atoms with E-state index in [-0.39, 0.29) is 12.5 Å². The zero-order valence-corrected chi connectivity index (χ0v) is 13.6. The number of amides is 1. The normalized spacial score (nSPS) is 10.5. The van der Waals surface area contributed by atoms with Crippen molar-refractivity contribution < 1.29 is 9.53 Å². The van der Waals surface area contributed by atoms with Gasteiger partial charge in [0, 0.05) is 4.88 Å². The molecule has 0 radical (unpaired) electrons. The molecule has 1 aromatic carbocycles. The first kappa shape index (κ1) is 15.5. The van der Waals surface area contributed by atoms with Crippen LogP contribution in [0.1, 0.15) is 26.7 Å². The Labute approximate surface area is 129 Å². The Kier molecular flexibility index (Phi) is 4.96. The van der Waals surface area contributed by atoms with E-state index in [1.807, 2.05) is 45.9 Å². The summed E-state index contributed by atoms with van der Waals surface area (Å²) in [6.07, 6.45) is 0. The van der Waals surface area contributed by atoms with Crippen molar-refractivity contribution in [2.45, 2.75) is 34.2 Å². The third-order valence-corrected chi connectivity index (χ3v) is 4.43. The van der Waals surface area contributed by atoms with Crippen LogP contribution in [0.5, 0.6) is 5.75 Å². The first-order valence-corrected chi connectivity index (χ1v) is 7.67. The molecule has 0 aliphatic heterocycles. The number of carbonyl (C=O) groups excluding carboxylic acids is 1. The highest BCUT2D eigenvalue weighted by molar-refractivity contribution is 7.11. The zero-order chi connectivity index (χ0) is 15.4. The summed E-state index contributed by atoms with van der Waals surface area (Å²) < 4.78 is 5.58. The van der Waals surface area contributed by atoms with E-state index in [4.69, 9.17) is 4.74 Å². The summed E-state index contributed by atoms with van der Waals surface area (Å²) in [4.78, 5) is 17.3. The maximum absolute atomic E-state index is 11.9. The van der Waals surface area contributed by atoms with Crippen molar-refractivity contribution in [1.82, 2.24) is 10.3 Å². The van der Waals surface area contributed by atoms with Gasteiger partial charge < -0.3 is 10.1 Å². The van der Waals surface area contributed by atoms with Crippen molar-refractivity contribution in [2.75, 3.05) is 6.61 Å². The molecule has 0 spiro atoms. The van der Waals surface area contributed by atoms with Crippen molar-refractivity contribution in [2.24, 2.45) is 0 Å². The Hall–Kier alpha value is -1.88. The highest BCUT2D eigenvalue weighted by Crippen LogP contribution is 2.20. The minimum absolute atomic E-state index is 0.0289. The Bertz CT molecular complexity index is 650. The fourth-order valence-corrected chi connectivity index (χ4v) is 2.87. The van der Waals surface area contributed by atoms with Crippen LogP contribution >= 0.6 is 11.3 Å². The molecule has 0 saturated carbocycles. The SMILES string of the molecule is Cc1nc(C)c(CNC(=O)COc2cccc(C)c2C)s1. The van der Waals surface area contributed by atoms with E-state index in [1.165, 1.54) is 0 Å². The first-order valence-electron chi connectivity index (χ1n) is 6.86. The molecule has 0 aliphatic carbocycles. The van der Waals surface area contributed by atoms with Gasteiger partial charge in [-0.2, -0.15) is 0 Å². The second-order valence-corrected chi connectivity index (χ2v) is 6.29. The topological polar surface area (TPSA) is 51.2 Å². The van der Waals surface area contributed by atoms with Gasteiger partial charge >= 0.3 is 0 Å². The van der Waals surface area contributed by atoms with Gasteiger partial charge in [-0.3, -0.25) is 4.79 Å². The van der Waals surface area contributed by atoms with Crippen LogP contribution in [0, 0.1) is 27.7 Å². The van der Waals surface area contributed by atoms with Crippen molar-refractivity contribution in [3.05, 3.63) is 44.9 Å². The monoisotopic (exact) mass is 304 g/mol. The molecular formula is C16H20N2O2S. The summed E-state index contributed by atoms with van der Waals surface area (Å²) in [5.41, 5.74) is 3.20. The molecule has 0 bridgehead atoms. The van der Waals surface area contributed by atoms with Gasteiger partial charge in [0.25, 0.3) is 5.91 Å². The van der Waals surface area contributed by atoms with Gasteiger partial charge in [-0.1, -0.05) is 12.1 Å². The molecule has 0 fully saturated rings. The van der Waals surface area contributed by atoms with Crippen molar-refractivity contribution in [3.8, 4) is 5.75 Å². The predicted molar refractivity (Wildman–Crippen MR) is 84.8 cm³/mol. The first-order chi connectivity index (χ1) is 9.97.